The normalized spacial score (nSPS) is 15.0. The van der Waals surface area contributed by atoms with Gasteiger partial charge in [0.25, 0.3) is 0 Å². The molecule has 18 heavy (non-hydrogen) atoms. The van der Waals surface area contributed by atoms with Crippen LogP contribution in [0.1, 0.15) is 42.5 Å². The van der Waals surface area contributed by atoms with Crippen LogP contribution >= 0.6 is 0 Å². The van der Waals surface area contributed by atoms with Crippen LogP contribution in [0.3, 0.4) is 0 Å². The second-order valence-corrected chi connectivity index (χ2v) is 4.52. The largest absolute Gasteiger partial charge is 0.478 e. The van der Waals surface area contributed by atoms with E-state index in [0.29, 0.717) is 0 Å². The third-order valence-corrected chi connectivity index (χ3v) is 3.15. The second kappa shape index (κ2) is 6.19. The molecule has 0 bridgehead atoms. The lowest BCUT2D eigenvalue weighted by molar-refractivity contribution is 0.0696. The highest BCUT2D eigenvalue weighted by Crippen LogP contribution is 2.19. The van der Waals surface area contributed by atoms with Crippen LogP contribution in [-0.2, 0) is 0 Å². The van der Waals surface area contributed by atoms with E-state index in [4.69, 9.17) is 5.11 Å². The Morgan fingerprint density at radius 1 is 1.39 bits per heavy atom. The van der Waals surface area contributed by atoms with Gasteiger partial charge >= 0.3 is 5.97 Å². The summed E-state index contributed by atoms with van der Waals surface area (Å²) < 4.78 is 0. The summed E-state index contributed by atoms with van der Waals surface area (Å²) in [5.74, 6) is -0.210. The number of rotatable bonds is 5. The first-order chi connectivity index (χ1) is 8.75. The number of nitrogens with one attached hydrogen (secondary N) is 1. The zero-order chi connectivity index (χ0) is 12.8. The summed E-state index contributed by atoms with van der Waals surface area (Å²) in [6.45, 7) is 0.852. The Morgan fingerprint density at radius 2 is 2.28 bits per heavy atom. The Kier molecular flexibility index (Phi) is 4.34. The van der Waals surface area contributed by atoms with Gasteiger partial charge in [-0.1, -0.05) is 11.6 Å². The molecule has 0 atom stereocenters. The van der Waals surface area contributed by atoms with E-state index in [2.05, 4.69) is 16.4 Å². The third kappa shape index (κ3) is 3.58. The van der Waals surface area contributed by atoms with Crippen molar-refractivity contribution in [2.45, 2.75) is 32.1 Å². The van der Waals surface area contributed by atoms with Gasteiger partial charge in [-0.15, -0.1) is 0 Å². The summed E-state index contributed by atoms with van der Waals surface area (Å²) in [4.78, 5) is 14.7. The van der Waals surface area contributed by atoms with E-state index < -0.39 is 5.97 Å². The predicted molar refractivity (Wildman–Crippen MR) is 70.9 cm³/mol. The van der Waals surface area contributed by atoms with Crippen molar-refractivity contribution in [2.24, 2.45) is 0 Å². The number of carbonyl (C=O) groups is 1. The maximum Gasteiger partial charge on any atom is 0.337 e. The Morgan fingerprint density at radius 3 is 2.89 bits per heavy atom. The molecule has 1 heterocycles. The Balaban J connectivity index is 1.79. The lowest BCUT2D eigenvalue weighted by Crippen LogP contribution is -2.06. The number of carboxylic acid groups (broad SMARTS) is 1. The fraction of sp³-hybridized carbons (Fsp3) is 0.429. The van der Waals surface area contributed by atoms with Crippen LogP contribution in [-0.4, -0.2) is 22.6 Å². The molecule has 0 aliphatic heterocycles. The van der Waals surface area contributed by atoms with Crippen LogP contribution < -0.4 is 5.32 Å². The van der Waals surface area contributed by atoms with Crippen LogP contribution in [0.15, 0.2) is 30.0 Å². The van der Waals surface area contributed by atoms with Crippen LogP contribution in [0.2, 0.25) is 0 Å². The third-order valence-electron chi connectivity index (χ3n) is 3.15. The first kappa shape index (κ1) is 12.6. The molecule has 0 unspecified atom stereocenters. The Labute approximate surface area is 107 Å². The molecule has 0 radical (unpaired) electrons. The van der Waals surface area contributed by atoms with Gasteiger partial charge in [0.1, 0.15) is 5.82 Å². The van der Waals surface area contributed by atoms with Gasteiger partial charge < -0.3 is 10.4 Å². The van der Waals surface area contributed by atoms with Crippen molar-refractivity contribution in [1.29, 1.82) is 0 Å². The summed E-state index contributed by atoms with van der Waals surface area (Å²) in [6, 6.07) is 3.27. The molecular formula is C14H18N2O2. The lowest BCUT2D eigenvalue weighted by Gasteiger charge is -2.13. The van der Waals surface area contributed by atoms with Gasteiger partial charge in [0, 0.05) is 12.7 Å². The van der Waals surface area contributed by atoms with Gasteiger partial charge in [0.05, 0.1) is 5.56 Å². The summed E-state index contributed by atoms with van der Waals surface area (Å²) >= 11 is 0. The standard InChI is InChI=1S/C14H18N2O2/c17-14(18)12-6-7-13(16-10-12)15-9-8-11-4-2-1-3-5-11/h4,6-7,10H,1-3,5,8-9H2,(H,15,16)(H,17,18). The summed E-state index contributed by atoms with van der Waals surface area (Å²) in [5.41, 5.74) is 1.74. The number of aromatic carboxylic acids is 1. The number of anilines is 1. The minimum absolute atomic E-state index is 0.218. The molecule has 1 aliphatic carbocycles. The van der Waals surface area contributed by atoms with E-state index in [0.717, 1.165) is 18.8 Å². The molecule has 1 aromatic heterocycles. The van der Waals surface area contributed by atoms with Crippen molar-refractivity contribution < 1.29 is 9.90 Å². The molecule has 2 rings (SSSR count). The average Bonchev–Trinajstić information content (AvgIpc) is 2.40. The van der Waals surface area contributed by atoms with Crippen molar-refractivity contribution in [2.75, 3.05) is 11.9 Å². The number of pyridine rings is 1. The molecule has 4 heteroatoms. The molecule has 0 saturated heterocycles. The quantitative estimate of drug-likeness (QED) is 0.784. The highest BCUT2D eigenvalue weighted by Gasteiger charge is 2.04. The first-order valence-electron chi connectivity index (χ1n) is 6.37. The molecule has 4 nitrogen and oxygen atoms in total. The minimum Gasteiger partial charge on any atom is -0.478 e. The van der Waals surface area contributed by atoms with Crippen LogP contribution in [0.5, 0.6) is 0 Å². The average molecular weight is 246 g/mol. The smallest absolute Gasteiger partial charge is 0.337 e. The van der Waals surface area contributed by atoms with E-state index in [9.17, 15) is 4.79 Å². The van der Waals surface area contributed by atoms with Gasteiger partial charge in [0.2, 0.25) is 0 Å². The van der Waals surface area contributed by atoms with Crippen LogP contribution in [0.4, 0.5) is 5.82 Å². The monoisotopic (exact) mass is 246 g/mol. The van der Waals surface area contributed by atoms with Gasteiger partial charge in [-0.2, -0.15) is 0 Å². The Hall–Kier alpha value is -1.84. The molecule has 1 aliphatic rings. The van der Waals surface area contributed by atoms with Gasteiger partial charge in [-0.05, 0) is 44.2 Å². The molecule has 0 fully saturated rings. The number of hydrogen-bond donors (Lipinski definition) is 2. The lowest BCUT2D eigenvalue weighted by atomic mass is 9.97. The molecule has 0 amide bonds. The SMILES string of the molecule is O=C(O)c1ccc(NCCC2=CCCCC2)nc1. The second-order valence-electron chi connectivity index (χ2n) is 4.52. The molecule has 0 saturated carbocycles. The van der Waals surface area contributed by atoms with E-state index in [1.165, 1.54) is 37.5 Å². The highest BCUT2D eigenvalue weighted by molar-refractivity contribution is 5.87. The number of nitrogens with zero attached hydrogens (tertiary/aromatic N) is 1. The van der Waals surface area contributed by atoms with E-state index >= 15 is 0 Å². The molecule has 96 valence electrons. The minimum atomic E-state index is -0.943. The van der Waals surface area contributed by atoms with E-state index in [1.807, 2.05) is 0 Å². The van der Waals surface area contributed by atoms with E-state index in [-0.39, 0.29) is 5.56 Å². The number of hydrogen-bond acceptors (Lipinski definition) is 3. The highest BCUT2D eigenvalue weighted by atomic mass is 16.4. The van der Waals surface area contributed by atoms with Crippen molar-refractivity contribution in [1.82, 2.24) is 4.98 Å². The summed E-state index contributed by atoms with van der Waals surface area (Å²) in [7, 11) is 0. The van der Waals surface area contributed by atoms with E-state index in [1.54, 1.807) is 12.1 Å². The fourth-order valence-corrected chi connectivity index (χ4v) is 2.11. The fourth-order valence-electron chi connectivity index (χ4n) is 2.11. The molecule has 2 N–H and O–H groups in total. The number of aromatic nitrogens is 1. The molecule has 0 spiro atoms. The van der Waals surface area contributed by atoms with Crippen LogP contribution in [0.25, 0.3) is 0 Å². The first-order valence-corrected chi connectivity index (χ1v) is 6.37. The van der Waals surface area contributed by atoms with Gasteiger partial charge in [0.15, 0.2) is 0 Å². The van der Waals surface area contributed by atoms with Gasteiger partial charge in [-0.3, -0.25) is 0 Å². The molecular weight excluding hydrogens is 228 g/mol. The van der Waals surface area contributed by atoms with Crippen molar-refractivity contribution >= 4 is 11.8 Å². The predicted octanol–water partition coefficient (Wildman–Crippen LogP) is 3.08. The maximum absolute atomic E-state index is 10.7. The molecule has 1 aromatic rings. The van der Waals surface area contributed by atoms with Crippen LogP contribution in [0, 0.1) is 0 Å². The zero-order valence-corrected chi connectivity index (χ0v) is 10.4. The summed E-state index contributed by atoms with van der Waals surface area (Å²) in [5, 5.41) is 12.0. The number of carboxylic acids is 1. The summed E-state index contributed by atoms with van der Waals surface area (Å²) in [6.07, 6.45) is 9.81. The maximum atomic E-state index is 10.7. The van der Waals surface area contributed by atoms with Crippen molar-refractivity contribution in [3.05, 3.63) is 35.5 Å². The topological polar surface area (TPSA) is 62.2 Å². The Bertz CT molecular complexity index is 438. The molecule has 0 aromatic carbocycles. The van der Waals surface area contributed by atoms with Gasteiger partial charge in [-0.25, -0.2) is 9.78 Å². The van der Waals surface area contributed by atoms with Crippen molar-refractivity contribution in [3.63, 3.8) is 0 Å². The van der Waals surface area contributed by atoms with Crippen molar-refractivity contribution in [3.8, 4) is 0 Å². The zero-order valence-electron chi connectivity index (χ0n) is 10.4. The number of allylic oxidation sites excluding steroid dienone is 1.